The summed E-state index contributed by atoms with van der Waals surface area (Å²) in [6.45, 7) is 0.780. The number of aliphatic hydroxyl groups excluding tert-OH is 1. The Morgan fingerprint density at radius 1 is 1.17 bits per heavy atom. The first-order chi connectivity index (χ1) is 11.1. The number of fused-ring (bicyclic) bond motifs is 2. The molecule has 2 aromatic carbocycles. The average Bonchev–Trinajstić information content (AvgIpc) is 2.92. The van der Waals surface area contributed by atoms with E-state index in [0.717, 1.165) is 40.5 Å². The fourth-order valence-corrected chi connectivity index (χ4v) is 3.40. The summed E-state index contributed by atoms with van der Waals surface area (Å²) < 4.78 is 0. The van der Waals surface area contributed by atoms with Crippen LogP contribution in [0.25, 0.3) is 5.76 Å². The van der Waals surface area contributed by atoms with Gasteiger partial charge in [0.1, 0.15) is 5.76 Å². The van der Waals surface area contributed by atoms with Crippen LogP contribution in [0.15, 0.2) is 48.2 Å². The van der Waals surface area contributed by atoms with E-state index in [1.165, 1.54) is 5.56 Å². The summed E-state index contributed by atoms with van der Waals surface area (Å²) in [4.78, 5) is 0. The third kappa shape index (κ3) is 2.93. The van der Waals surface area contributed by atoms with Crippen LogP contribution >= 0.6 is 24.0 Å². The van der Waals surface area contributed by atoms with E-state index in [4.69, 9.17) is 11.6 Å². The normalized spacial score (nSPS) is 18.6. The first-order valence-corrected chi connectivity index (χ1v) is 8.04. The molecule has 0 aromatic heterocycles. The lowest BCUT2D eigenvalue weighted by Crippen LogP contribution is -2.28. The van der Waals surface area contributed by atoms with Crippen molar-refractivity contribution >= 4 is 35.5 Å². The van der Waals surface area contributed by atoms with Gasteiger partial charge in [0.15, 0.2) is 0 Å². The summed E-state index contributed by atoms with van der Waals surface area (Å²) in [6, 6.07) is 14.2. The zero-order valence-corrected chi connectivity index (χ0v) is 14.8. The van der Waals surface area contributed by atoms with Crippen molar-refractivity contribution < 1.29 is 5.11 Å². The SMILES string of the molecule is CN1NCC2Nc3ccc(Cc4ccc(Cl)cc4)cc3C(O)=C21.Cl. The Balaban J connectivity index is 0.00000169. The van der Waals surface area contributed by atoms with E-state index in [1.54, 1.807) is 0 Å². The van der Waals surface area contributed by atoms with Crippen LogP contribution in [-0.2, 0) is 6.42 Å². The van der Waals surface area contributed by atoms with Crippen molar-refractivity contribution in [3.8, 4) is 0 Å². The number of aliphatic hydroxyl groups is 1. The maximum Gasteiger partial charge on any atom is 0.147 e. The van der Waals surface area contributed by atoms with Crippen molar-refractivity contribution in [1.82, 2.24) is 10.4 Å². The number of anilines is 1. The van der Waals surface area contributed by atoms with Crippen molar-refractivity contribution in [3.05, 3.63) is 69.9 Å². The van der Waals surface area contributed by atoms with Gasteiger partial charge in [-0.1, -0.05) is 29.8 Å². The maximum absolute atomic E-state index is 10.7. The van der Waals surface area contributed by atoms with Gasteiger partial charge in [-0.05, 0) is 41.8 Å². The zero-order chi connectivity index (χ0) is 16.0. The Morgan fingerprint density at radius 2 is 1.88 bits per heavy atom. The quantitative estimate of drug-likeness (QED) is 0.758. The van der Waals surface area contributed by atoms with Gasteiger partial charge in [-0.15, -0.1) is 12.4 Å². The van der Waals surface area contributed by atoms with Gasteiger partial charge in [-0.2, -0.15) is 0 Å². The van der Waals surface area contributed by atoms with Gasteiger partial charge in [0.05, 0.1) is 11.7 Å². The number of hydrogen-bond donors (Lipinski definition) is 3. The van der Waals surface area contributed by atoms with Crippen molar-refractivity contribution in [2.24, 2.45) is 0 Å². The number of hydrazine groups is 1. The molecule has 1 saturated heterocycles. The molecule has 2 aliphatic rings. The van der Waals surface area contributed by atoms with Crippen LogP contribution in [0.4, 0.5) is 5.69 Å². The van der Waals surface area contributed by atoms with Gasteiger partial charge in [0.25, 0.3) is 0 Å². The molecule has 4 rings (SSSR count). The van der Waals surface area contributed by atoms with E-state index in [0.29, 0.717) is 5.76 Å². The summed E-state index contributed by atoms with van der Waals surface area (Å²) in [5.74, 6) is 0.356. The number of rotatable bonds is 2. The van der Waals surface area contributed by atoms with Crippen LogP contribution in [0.2, 0.25) is 5.02 Å². The lowest BCUT2D eigenvalue weighted by molar-refractivity contribution is 0.353. The Morgan fingerprint density at radius 3 is 2.62 bits per heavy atom. The molecule has 4 nitrogen and oxygen atoms in total. The number of nitrogens with one attached hydrogen (secondary N) is 2. The number of nitrogens with zero attached hydrogens (tertiary/aromatic N) is 1. The second-order valence-corrected chi connectivity index (χ2v) is 6.47. The largest absolute Gasteiger partial charge is 0.505 e. The smallest absolute Gasteiger partial charge is 0.147 e. The monoisotopic (exact) mass is 363 g/mol. The first-order valence-electron chi connectivity index (χ1n) is 7.66. The van der Waals surface area contributed by atoms with Gasteiger partial charge in [-0.25, -0.2) is 5.43 Å². The van der Waals surface area contributed by atoms with Gasteiger partial charge in [-0.3, -0.25) is 0 Å². The minimum Gasteiger partial charge on any atom is -0.505 e. The third-order valence-electron chi connectivity index (χ3n) is 4.46. The van der Waals surface area contributed by atoms with E-state index >= 15 is 0 Å². The minimum atomic E-state index is 0. The Kier molecular flexibility index (Phi) is 4.63. The molecule has 126 valence electrons. The van der Waals surface area contributed by atoms with Crippen molar-refractivity contribution in [1.29, 1.82) is 0 Å². The predicted octanol–water partition coefficient (Wildman–Crippen LogP) is 3.82. The molecular weight excluding hydrogens is 345 g/mol. The number of hydrogen-bond acceptors (Lipinski definition) is 4. The fraction of sp³-hybridized carbons (Fsp3) is 0.222. The highest BCUT2D eigenvalue weighted by Crippen LogP contribution is 2.35. The van der Waals surface area contributed by atoms with Crippen LogP contribution in [0, 0.1) is 0 Å². The molecular formula is C18H19Cl2N3O. The van der Waals surface area contributed by atoms with Crippen LogP contribution < -0.4 is 10.7 Å². The molecule has 0 radical (unpaired) electrons. The first kappa shape index (κ1) is 17.0. The van der Waals surface area contributed by atoms with E-state index in [9.17, 15) is 5.11 Å². The van der Waals surface area contributed by atoms with Gasteiger partial charge < -0.3 is 15.4 Å². The van der Waals surface area contributed by atoms with E-state index in [2.05, 4.69) is 22.9 Å². The molecule has 1 fully saturated rings. The van der Waals surface area contributed by atoms with Crippen LogP contribution in [-0.4, -0.2) is 29.7 Å². The second kappa shape index (κ2) is 6.55. The molecule has 1 atom stereocenters. The van der Waals surface area contributed by atoms with E-state index in [-0.39, 0.29) is 18.4 Å². The predicted molar refractivity (Wildman–Crippen MR) is 101 cm³/mol. The molecule has 0 bridgehead atoms. The Labute approximate surface area is 152 Å². The molecule has 6 heteroatoms. The maximum atomic E-state index is 10.7. The van der Waals surface area contributed by atoms with Crippen LogP contribution in [0.3, 0.4) is 0 Å². The van der Waals surface area contributed by atoms with Gasteiger partial charge >= 0.3 is 0 Å². The van der Waals surface area contributed by atoms with Gasteiger partial charge in [0.2, 0.25) is 0 Å². The highest BCUT2D eigenvalue weighted by molar-refractivity contribution is 6.30. The Bertz CT molecular complexity index is 789. The second-order valence-electron chi connectivity index (χ2n) is 6.04. The molecule has 1 unspecified atom stereocenters. The highest BCUT2D eigenvalue weighted by atomic mass is 35.5. The molecule has 0 aliphatic carbocycles. The lowest BCUT2D eigenvalue weighted by atomic mass is 9.96. The van der Waals surface area contributed by atoms with Crippen molar-refractivity contribution in [3.63, 3.8) is 0 Å². The average molecular weight is 364 g/mol. The molecule has 2 aromatic rings. The summed E-state index contributed by atoms with van der Waals surface area (Å²) >= 11 is 5.94. The van der Waals surface area contributed by atoms with Crippen molar-refractivity contribution in [2.75, 3.05) is 18.9 Å². The fourth-order valence-electron chi connectivity index (χ4n) is 3.27. The number of likely N-dealkylation sites (N-methyl/N-ethyl adjacent to an activating group) is 1. The highest BCUT2D eigenvalue weighted by Gasteiger charge is 2.33. The molecule has 0 spiro atoms. The standard InChI is InChI=1S/C18H18ClN3O.ClH/c1-22-17-16(10-20-22)21-15-7-4-12(9-14(15)18(17)23)8-11-2-5-13(19)6-3-11;/h2-7,9,16,20-21,23H,8,10H2,1H3;1H. The van der Waals surface area contributed by atoms with Gasteiger partial charge in [0, 0.05) is 29.9 Å². The topological polar surface area (TPSA) is 47.5 Å². The van der Waals surface area contributed by atoms with Crippen LogP contribution in [0.5, 0.6) is 0 Å². The van der Waals surface area contributed by atoms with Crippen molar-refractivity contribution in [2.45, 2.75) is 12.5 Å². The third-order valence-corrected chi connectivity index (χ3v) is 4.71. The Hall–Kier alpha value is -1.88. The van der Waals surface area contributed by atoms with Crippen LogP contribution in [0.1, 0.15) is 16.7 Å². The number of halogens is 2. The molecule has 2 heterocycles. The molecule has 0 saturated carbocycles. The summed E-state index contributed by atoms with van der Waals surface area (Å²) in [5, 5.41) is 16.8. The van der Waals surface area contributed by atoms with E-state index < -0.39 is 0 Å². The molecule has 3 N–H and O–H groups in total. The number of benzene rings is 2. The zero-order valence-electron chi connectivity index (χ0n) is 13.2. The lowest BCUT2D eigenvalue weighted by Gasteiger charge is -2.27. The summed E-state index contributed by atoms with van der Waals surface area (Å²) in [5.41, 5.74) is 8.33. The molecule has 2 aliphatic heterocycles. The molecule has 24 heavy (non-hydrogen) atoms. The minimum absolute atomic E-state index is 0. The summed E-state index contributed by atoms with van der Waals surface area (Å²) in [7, 11) is 1.93. The summed E-state index contributed by atoms with van der Waals surface area (Å²) in [6.07, 6.45) is 0.810. The molecule has 0 amide bonds. The van der Waals surface area contributed by atoms with E-state index in [1.807, 2.05) is 42.4 Å².